The largest absolute Gasteiger partial charge is 0.396 e. The van der Waals surface area contributed by atoms with Gasteiger partial charge in [-0.3, -0.25) is 0 Å². The summed E-state index contributed by atoms with van der Waals surface area (Å²) in [5.74, 6) is 0.727. The van der Waals surface area contributed by atoms with Crippen molar-refractivity contribution < 1.29 is 9.84 Å². The Kier molecular flexibility index (Phi) is 4.90. The minimum atomic E-state index is 0.234. The number of aliphatic hydroxyl groups excluding tert-OH is 1. The van der Waals surface area contributed by atoms with Crippen LogP contribution in [0.25, 0.3) is 0 Å². The summed E-state index contributed by atoms with van der Waals surface area (Å²) in [6.07, 6.45) is 5.86. The molecule has 1 fully saturated rings. The van der Waals surface area contributed by atoms with Crippen LogP contribution in [0, 0.1) is 11.3 Å². The highest BCUT2D eigenvalue weighted by Crippen LogP contribution is 2.43. The van der Waals surface area contributed by atoms with Crippen molar-refractivity contribution in [1.29, 1.82) is 0 Å². The molecule has 84 valence electrons. The van der Waals surface area contributed by atoms with E-state index in [1.165, 1.54) is 19.3 Å². The van der Waals surface area contributed by atoms with E-state index in [-0.39, 0.29) is 5.41 Å². The van der Waals surface area contributed by atoms with Gasteiger partial charge in [0, 0.05) is 19.8 Å². The smallest absolute Gasteiger partial charge is 0.0488 e. The van der Waals surface area contributed by atoms with Gasteiger partial charge in [0.05, 0.1) is 0 Å². The van der Waals surface area contributed by atoms with Crippen LogP contribution in [0.15, 0.2) is 0 Å². The number of rotatable bonds is 7. The van der Waals surface area contributed by atoms with Gasteiger partial charge in [0.1, 0.15) is 0 Å². The van der Waals surface area contributed by atoms with Gasteiger partial charge in [-0.15, -0.1) is 0 Å². The Balaban J connectivity index is 1.97. The first-order valence-corrected chi connectivity index (χ1v) is 5.87. The first kappa shape index (κ1) is 12.0. The summed E-state index contributed by atoms with van der Waals surface area (Å²) in [7, 11) is 0. The van der Waals surface area contributed by atoms with Gasteiger partial charge >= 0.3 is 0 Å². The molecule has 0 aromatic heterocycles. The summed E-state index contributed by atoms with van der Waals surface area (Å²) in [5, 5.41) is 9.23. The number of hydrogen-bond acceptors (Lipinski definition) is 2. The second-order valence-corrected chi connectivity index (χ2v) is 5.06. The summed E-state index contributed by atoms with van der Waals surface area (Å²) in [6, 6.07) is 0. The summed E-state index contributed by atoms with van der Waals surface area (Å²) < 4.78 is 5.57. The van der Waals surface area contributed by atoms with E-state index in [0.29, 0.717) is 6.61 Å². The van der Waals surface area contributed by atoms with Crippen molar-refractivity contribution in [3.8, 4) is 0 Å². The van der Waals surface area contributed by atoms with Crippen molar-refractivity contribution in [2.75, 3.05) is 19.8 Å². The van der Waals surface area contributed by atoms with Crippen LogP contribution in [-0.2, 0) is 4.74 Å². The second kappa shape index (κ2) is 5.72. The molecule has 14 heavy (non-hydrogen) atoms. The minimum Gasteiger partial charge on any atom is -0.396 e. The molecule has 0 aromatic rings. The molecule has 0 heterocycles. The van der Waals surface area contributed by atoms with Gasteiger partial charge in [-0.1, -0.05) is 20.3 Å². The SMILES string of the molecule is CC(C)CCOCCC1(CO)CCC1. The summed E-state index contributed by atoms with van der Waals surface area (Å²) in [4.78, 5) is 0. The van der Waals surface area contributed by atoms with Gasteiger partial charge in [0.25, 0.3) is 0 Å². The molecule has 0 saturated heterocycles. The third-order valence-electron chi connectivity index (χ3n) is 3.37. The summed E-state index contributed by atoms with van der Waals surface area (Å²) in [6.45, 7) is 6.47. The highest BCUT2D eigenvalue weighted by Gasteiger charge is 2.35. The summed E-state index contributed by atoms with van der Waals surface area (Å²) >= 11 is 0. The maximum atomic E-state index is 9.23. The van der Waals surface area contributed by atoms with Gasteiger partial charge < -0.3 is 9.84 Å². The Bertz CT molecular complexity index is 145. The van der Waals surface area contributed by atoms with E-state index < -0.39 is 0 Å². The molecular weight excluding hydrogens is 176 g/mol. The van der Waals surface area contributed by atoms with Crippen LogP contribution in [0.1, 0.15) is 46.0 Å². The van der Waals surface area contributed by atoms with Crippen LogP contribution in [0.3, 0.4) is 0 Å². The predicted molar refractivity (Wildman–Crippen MR) is 58.3 cm³/mol. The fraction of sp³-hybridized carbons (Fsp3) is 1.00. The Morgan fingerprint density at radius 2 is 2.00 bits per heavy atom. The first-order chi connectivity index (χ1) is 6.68. The molecular formula is C12H24O2. The minimum absolute atomic E-state index is 0.234. The zero-order chi connectivity index (χ0) is 10.4. The van der Waals surface area contributed by atoms with E-state index in [1.807, 2.05) is 0 Å². The summed E-state index contributed by atoms with van der Waals surface area (Å²) in [5.41, 5.74) is 0.234. The van der Waals surface area contributed by atoms with Crippen LogP contribution < -0.4 is 0 Å². The van der Waals surface area contributed by atoms with Crippen LogP contribution >= 0.6 is 0 Å². The molecule has 0 bridgehead atoms. The average molecular weight is 200 g/mol. The number of aliphatic hydroxyl groups is 1. The molecule has 2 heteroatoms. The molecule has 1 aliphatic carbocycles. The van der Waals surface area contributed by atoms with Crippen molar-refractivity contribution in [3.05, 3.63) is 0 Å². The van der Waals surface area contributed by atoms with Gasteiger partial charge in [0.15, 0.2) is 0 Å². The molecule has 0 spiro atoms. The molecule has 1 saturated carbocycles. The third kappa shape index (κ3) is 3.58. The second-order valence-electron chi connectivity index (χ2n) is 5.06. The maximum absolute atomic E-state index is 9.23. The molecule has 0 aromatic carbocycles. The standard InChI is InChI=1S/C12H24O2/c1-11(2)4-8-14-9-7-12(10-13)5-3-6-12/h11,13H,3-10H2,1-2H3. The topological polar surface area (TPSA) is 29.5 Å². The quantitative estimate of drug-likeness (QED) is 0.640. The lowest BCUT2D eigenvalue weighted by Crippen LogP contribution is -2.34. The van der Waals surface area contributed by atoms with E-state index in [2.05, 4.69) is 13.8 Å². The van der Waals surface area contributed by atoms with Crippen molar-refractivity contribution in [3.63, 3.8) is 0 Å². The molecule has 1 aliphatic rings. The van der Waals surface area contributed by atoms with Crippen LogP contribution in [0.5, 0.6) is 0 Å². The van der Waals surface area contributed by atoms with Crippen LogP contribution in [0.4, 0.5) is 0 Å². The molecule has 0 aliphatic heterocycles. The highest BCUT2D eigenvalue weighted by atomic mass is 16.5. The average Bonchev–Trinajstić information content (AvgIpc) is 2.08. The Hall–Kier alpha value is -0.0800. The molecule has 2 nitrogen and oxygen atoms in total. The van der Waals surface area contributed by atoms with Crippen molar-refractivity contribution in [2.45, 2.75) is 46.0 Å². The Labute approximate surface area is 87.7 Å². The zero-order valence-corrected chi connectivity index (χ0v) is 9.59. The van der Waals surface area contributed by atoms with E-state index in [0.717, 1.165) is 32.0 Å². The van der Waals surface area contributed by atoms with Gasteiger partial charge in [-0.2, -0.15) is 0 Å². The highest BCUT2D eigenvalue weighted by molar-refractivity contribution is 4.86. The maximum Gasteiger partial charge on any atom is 0.0488 e. The monoisotopic (exact) mass is 200 g/mol. The fourth-order valence-corrected chi connectivity index (χ4v) is 1.87. The normalized spacial score (nSPS) is 19.7. The van der Waals surface area contributed by atoms with Gasteiger partial charge in [-0.25, -0.2) is 0 Å². The number of hydrogen-bond donors (Lipinski definition) is 1. The van der Waals surface area contributed by atoms with E-state index >= 15 is 0 Å². The lowest BCUT2D eigenvalue weighted by Gasteiger charge is -2.40. The lowest BCUT2D eigenvalue weighted by molar-refractivity contribution is 0.00229. The lowest BCUT2D eigenvalue weighted by atomic mass is 9.67. The third-order valence-corrected chi connectivity index (χ3v) is 3.37. The van der Waals surface area contributed by atoms with Crippen LogP contribution in [-0.4, -0.2) is 24.9 Å². The molecule has 1 rings (SSSR count). The van der Waals surface area contributed by atoms with E-state index in [4.69, 9.17) is 4.74 Å². The van der Waals surface area contributed by atoms with Crippen LogP contribution in [0.2, 0.25) is 0 Å². The molecule has 0 amide bonds. The fourth-order valence-electron chi connectivity index (χ4n) is 1.87. The van der Waals surface area contributed by atoms with Crippen molar-refractivity contribution in [1.82, 2.24) is 0 Å². The van der Waals surface area contributed by atoms with Crippen molar-refractivity contribution >= 4 is 0 Å². The number of ether oxygens (including phenoxy) is 1. The predicted octanol–water partition coefficient (Wildman–Crippen LogP) is 2.60. The van der Waals surface area contributed by atoms with Crippen molar-refractivity contribution in [2.24, 2.45) is 11.3 Å². The first-order valence-electron chi connectivity index (χ1n) is 5.87. The molecule has 0 unspecified atom stereocenters. The van der Waals surface area contributed by atoms with Gasteiger partial charge in [-0.05, 0) is 37.0 Å². The molecule has 0 radical (unpaired) electrons. The van der Waals surface area contributed by atoms with E-state index in [1.54, 1.807) is 0 Å². The van der Waals surface area contributed by atoms with Gasteiger partial charge in [0.2, 0.25) is 0 Å². The zero-order valence-electron chi connectivity index (χ0n) is 9.59. The molecule has 0 atom stereocenters. The van der Waals surface area contributed by atoms with E-state index in [9.17, 15) is 5.11 Å². The Morgan fingerprint density at radius 1 is 1.29 bits per heavy atom. The molecule has 1 N–H and O–H groups in total. The Morgan fingerprint density at radius 3 is 2.43 bits per heavy atom.